The van der Waals surface area contributed by atoms with Gasteiger partial charge in [0.05, 0.1) is 11.3 Å². The number of aliphatic hydroxyl groups is 2. The fourth-order valence-corrected chi connectivity index (χ4v) is 1.59. The number of nitrogens with zero attached hydrogens (tertiary/aromatic N) is 1. The number of hydrogen-bond donors (Lipinski definition) is 5. The lowest BCUT2D eigenvalue weighted by atomic mass is 10.1. The number of rotatable bonds is 6. The van der Waals surface area contributed by atoms with Crippen molar-refractivity contribution >= 4 is 17.9 Å². The van der Waals surface area contributed by atoms with Gasteiger partial charge in [-0.25, -0.2) is 14.4 Å². The second kappa shape index (κ2) is 10.6. The van der Waals surface area contributed by atoms with Crippen LogP contribution in [-0.2, 0) is 14.3 Å². The Morgan fingerprint density at radius 2 is 1.63 bits per heavy atom. The van der Waals surface area contributed by atoms with E-state index in [0.717, 1.165) is 12.1 Å². The van der Waals surface area contributed by atoms with Crippen LogP contribution in [0.15, 0.2) is 18.3 Å². The molecule has 3 atom stereocenters. The average molecular weight is 386 g/mol. The zero-order valence-electron chi connectivity index (χ0n) is 15.6. The third-order valence-corrected chi connectivity index (χ3v) is 3.04. The largest absolute Gasteiger partial charge is 0.479 e. The fourth-order valence-electron chi connectivity index (χ4n) is 1.59. The number of carboxylic acid groups (broad SMARTS) is 2. The van der Waals surface area contributed by atoms with Crippen molar-refractivity contribution in [2.45, 2.75) is 58.0 Å². The van der Waals surface area contributed by atoms with Crippen molar-refractivity contribution in [3.63, 3.8) is 0 Å². The van der Waals surface area contributed by atoms with E-state index < -0.39 is 29.7 Å². The maximum Gasteiger partial charge on any atom is 0.338 e. The Morgan fingerprint density at radius 1 is 1.15 bits per heavy atom. The van der Waals surface area contributed by atoms with Crippen LogP contribution in [0.2, 0.25) is 0 Å². The van der Waals surface area contributed by atoms with E-state index in [2.05, 4.69) is 4.98 Å². The van der Waals surface area contributed by atoms with Crippen LogP contribution in [0.5, 0.6) is 0 Å². The molecule has 0 aliphatic rings. The third kappa shape index (κ3) is 9.08. The lowest BCUT2D eigenvalue weighted by Gasteiger charge is -2.19. The first-order valence-electron chi connectivity index (χ1n) is 8.06. The van der Waals surface area contributed by atoms with Crippen molar-refractivity contribution in [2.24, 2.45) is 5.73 Å². The van der Waals surface area contributed by atoms with E-state index in [0.29, 0.717) is 5.56 Å². The molecule has 0 saturated heterocycles. The summed E-state index contributed by atoms with van der Waals surface area (Å²) in [5.41, 5.74) is 6.60. The van der Waals surface area contributed by atoms with E-state index in [1.807, 2.05) is 27.7 Å². The van der Waals surface area contributed by atoms with Gasteiger partial charge in [-0.05, 0) is 39.3 Å². The molecule has 1 rings (SSSR count). The molecule has 10 heteroatoms. The zero-order valence-corrected chi connectivity index (χ0v) is 15.6. The summed E-state index contributed by atoms with van der Waals surface area (Å²) in [6.45, 7) is 7.49. The summed E-state index contributed by atoms with van der Waals surface area (Å²) in [6, 6.07) is 3.19. The molecule has 1 aromatic heterocycles. The highest BCUT2D eigenvalue weighted by atomic mass is 16.6. The second-order valence-electron chi connectivity index (χ2n) is 6.55. The van der Waals surface area contributed by atoms with Crippen LogP contribution in [0.1, 0.15) is 56.2 Å². The van der Waals surface area contributed by atoms with Crippen molar-refractivity contribution in [2.75, 3.05) is 0 Å². The smallest absolute Gasteiger partial charge is 0.338 e. The van der Waals surface area contributed by atoms with Crippen molar-refractivity contribution in [1.82, 2.24) is 4.98 Å². The Bertz CT molecular complexity index is 639. The van der Waals surface area contributed by atoms with Gasteiger partial charge in [0.2, 0.25) is 0 Å². The number of carbonyl (C=O) groups is 3. The first-order valence-corrected chi connectivity index (χ1v) is 8.06. The number of hydrogen-bond acceptors (Lipinski definition) is 8. The average Bonchev–Trinajstić information content (AvgIpc) is 2.58. The molecule has 1 aromatic rings. The molecule has 0 spiro atoms. The first kappa shape index (κ1) is 24.4. The van der Waals surface area contributed by atoms with Crippen molar-refractivity contribution in [3.8, 4) is 0 Å². The fraction of sp³-hybridized carbons (Fsp3) is 0.529. The Morgan fingerprint density at radius 3 is 2.00 bits per heavy atom. The molecule has 0 aliphatic carbocycles. The number of ether oxygens (including phenoxy) is 1. The van der Waals surface area contributed by atoms with Crippen molar-refractivity contribution < 1.29 is 39.5 Å². The summed E-state index contributed by atoms with van der Waals surface area (Å²) in [4.78, 5) is 35.5. The topological polar surface area (TPSA) is 180 Å². The van der Waals surface area contributed by atoms with Gasteiger partial charge < -0.3 is 30.9 Å². The van der Waals surface area contributed by atoms with E-state index in [9.17, 15) is 14.4 Å². The highest BCUT2D eigenvalue weighted by Gasteiger charge is 2.29. The number of pyridine rings is 1. The van der Waals surface area contributed by atoms with Crippen molar-refractivity contribution in [3.05, 3.63) is 29.6 Å². The van der Waals surface area contributed by atoms with Crippen LogP contribution in [0.3, 0.4) is 0 Å². The molecule has 0 saturated carbocycles. The molecule has 0 bridgehead atoms. The van der Waals surface area contributed by atoms with Crippen LogP contribution in [0.4, 0.5) is 0 Å². The molecule has 0 aliphatic heterocycles. The predicted octanol–water partition coefficient (Wildman–Crippen LogP) is 0.324. The zero-order chi connectivity index (χ0) is 21.4. The summed E-state index contributed by atoms with van der Waals surface area (Å²) in [6.07, 6.45) is -2.16. The lowest BCUT2D eigenvalue weighted by Crippen LogP contribution is -2.39. The molecule has 0 unspecified atom stereocenters. The van der Waals surface area contributed by atoms with Gasteiger partial charge in [-0.2, -0.15) is 0 Å². The van der Waals surface area contributed by atoms with Crippen LogP contribution < -0.4 is 5.73 Å². The van der Waals surface area contributed by atoms with Gasteiger partial charge in [0.15, 0.2) is 12.2 Å². The Hall–Kier alpha value is -2.56. The number of aliphatic carboxylic acids is 2. The highest BCUT2D eigenvalue weighted by Crippen LogP contribution is 2.15. The second-order valence-corrected chi connectivity index (χ2v) is 6.55. The first-order chi connectivity index (χ1) is 12.3. The molecule has 1 heterocycles. The SMILES string of the molecule is CC[C@@H](N)c1cc(C(=O)OC(C)(C)C)ccn1.O=C(O)[C@@H](O)[C@H](O)C(=O)O. The quantitative estimate of drug-likeness (QED) is 0.427. The molecule has 0 fully saturated rings. The van der Waals surface area contributed by atoms with Crippen LogP contribution in [0.25, 0.3) is 0 Å². The number of aromatic nitrogens is 1. The Kier molecular flexibility index (Phi) is 9.55. The van der Waals surface area contributed by atoms with Gasteiger partial charge in [0.25, 0.3) is 0 Å². The summed E-state index contributed by atoms with van der Waals surface area (Å²) >= 11 is 0. The molecular formula is C17H26N2O8. The van der Waals surface area contributed by atoms with Gasteiger partial charge in [-0.15, -0.1) is 0 Å². The van der Waals surface area contributed by atoms with E-state index in [1.165, 1.54) is 0 Å². The monoisotopic (exact) mass is 386 g/mol. The number of carboxylic acids is 2. The molecular weight excluding hydrogens is 360 g/mol. The molecule has 10 nitrogen and oxygen atoms in total. The molecule has 152 valence electrons. The normalized spacial score (nSPS) is 14.2. The minimum absolute atomic E-state index is 0.141. The van der Waals surface area contributed by atoms with Crippen LogP contribution in [-0.4, -0.2) is 61.1 Å². The van der Waals surface area contributed by atoms with E-state index in [1.54, 1.807) is 18.3 Å². The maximum absolute atomic E-state index is 11.8. The van der Waals surface area contributed by atoms with Gasteiger partial charge in [-0.1, -0.05) is 6.92 Å². The van der Waals surface area contributed by atoms with Crippen LogP contribution >= 0.6 is 0 Å². The molecule has 0 radical (unpaired) electrons. The Balaban J connectivity index is 0.000000580. The Labute approximate surface area is 156 Å². The number of carbonyl (C=O) groups excluding carboxylic acids is 1. The molecule has 0 amide bonds. The standard InChI is InChI=1S/C13H20N2O2.C4H6O6/c1-5-10(14)11-8-9(6-7-15-11)12(16)17-13(2,3)4;5-1(3(7)8)2(6)4(9)10/h6-8,10H,5,14H2,1-4H3;1-2,5-6H,(H,7,8)(H,9,10)/t10-;1-,2-/m10/s1. The highest BCUT2D eigenvalue weighted by molar-refractivity contribution is 5.89. The van der Waals surface area contributed by atoms with Crippen LogP contribution in [0, 0.1) is 0 Å². The molecule has 6 N–H and O–H groups in total. The lowest BCUT2D eigenvalue weighted by molar-refractivity contribution is -0.165. The summed E-state index contributed by atoms with van der Waals surface area (Å²) in [5.74, 6) is -3.88. The third-order valence-electron chi connectivity index (χ3n) is 3.04. The van der Waals surface area contributed by atoms with Gasteiger partial charge in [0.1, 0.15) is 5.60 Å². The minimum Gasteiger partial charge on any atom is -0.479 e. The summed E-state index contributed by atoms with van der Waals surface area (Å²) < 4.78 is 5.28. The minimum atomic E-state index is -2.27. The number of aliphatic hydroxyl groups excluding tert-OH is 2. The van der Waals surface area contributed by atoms with E-state index in [-0.39, 0.29) is 12.0 Å². The number of nitrogens with two attached hydrogens (primary N) is 1. The van der Waals surface area contributed by atoms with E-state index in [4.69, 9.17) is 30.9 Å². The summed E-state index contributed by atoms with van der Waals surface area (Å²) in [5, 5.41) is 32.5. The van der Waals surface area contributed by atoms with Gasteiger partial charge in [0, 0.05) is 12.2 Å². The molecule has 27 heavy (non-hydrogen) atoms. The predicted molar refractivity (Wildman–Crippen MR) is 93.9 cm³/mol. The summed E-state index contributed by atoms with van der Waals surface area (Å²) in [7, 11) is 0. The van der Waals surface area contributed by atoms with Crippen molar-refractivity contribution in [1.29, 1.82) is 0 Å². The van der Waals surface area contributed by atoms with Gasteiger partial charge in [-0.3, -0.25) is 4.98 Å². The van der Waals surface area contributed by atoms with E-state index >= 15 is 0 Å². The molecule has 0 aromatic carbocycles. The number of esters is 1. The maximum atomic E-state index is 11.8. The van der Waals surface area contributed by atoms with Gasteiger partial charge >= 0.3 is 17.9 Å².